The van der Waals surface area contributed by atoms with Crippen molar-refractivity contribution in [1.29, 1.82) is 0 Å². The van der Waals surface area contributed by atoms with Gasteiger partial charge in [-0.3, -0.25) is 4.79 Å². The number of carbonyl (C=O) groups excluding carboxylic acids is 1. The van der Waals surface area contributed by atoms with Crippen LogP contribution in [0.5, 0.6) is 5.75 Å². The SMILES string of the molecule is O=C(Nc1cccc(OCc2ccc(F)cc2)c1)c1ccc[nH]c1=S. The zero-order chi connectivity index (χ0) is 17.6. The van der Waals surface area contributed by atoms with Crippen LogP contribution in [0.1, 0.15) is 15.9 Å². The second-order valence-electron chi connectivity index (χ2n) is 5.31. The average molecular weight is 354 g/mol. The lowest BCUT2D eigenvalue weighted by molar-refractivity contribution is 0.102. The second-order valence-corrected chi connectivity index (χ2v) is 5.72. The van der Waals surface area contributed by atoms with Gasteiger partial charge in [-0.1, -0.05) is 30.4 Å². The molecule has 0 aliphatic carbocycles. The molecule has 0 atom stereocenters. The third-order valence-electron chi connectivity index (χ3n) is 3.47. The zero-order valence-electron chi connectivity index (χ0n) is 13.2. The van der Waals surface area contributed by atoms with Crippen LogP contribution in [0.2, 0.25) is 0 Å². The summed E-state index contributed by atoms with van der Waals surface area (Å²) in [6.45, 7) is 0.307. The molecule has 126 valence electrons. The fourth-order valence-corrected chi connectivity index (χ4v) is 2.44. The average Bonchev–Trinajstić information content (AvgIpc) is 2.62. The number of benzene rings is 2. The molecular formula is C19H15FN2O2S. The number of carbonyl (C=O) groups is 1. The number of hydrogen-bond donors (Lipinski definition) is 2. The molecule has 0 saturated carbocycles. The maximum Gasteiger partial charge on any atom is 0.258 e. The van der Waals surface area contributed by atoms with Gasteiger partial charge in [0.05, 0.1) is 5.56 Å². The smallest absolute Gasteiger partial charge is 0.258 e. The number of halogens is 1. The van der Waals surface area contributed by atoms with Crippen molar-refractivity contribution in [3.8, 4) is 5.75 Å². The van der Waals surface area contributed by atoms with Crippen LogP contribution in [0.15, 0.2) is 66.9 Å². The number of ether oxygens (including phenoxy) is 1. The first-order chi connectivity index (χ1) is 12.1. The number of anilines is 1. The number of aromatic nitrogens is 1. The number of rotatable bonds is 5. The minimum Gasteiger partial charge on any atom is -0.489 e. The lowest BCUT2D eigenvalue weighted by atomic mass is 10.2. The van der Waals surface area contributed by atoms with E-state index in [9.17, 15) is 9.18 Å². The molecule has 0 aliphatic rings. The van der Waals surface area contributed by atoms with E-state index in [1.165, 1.54) is 12.1 Å². The van der Waals surface area contributed by atoms with Crippen molar-refractivity contribution in [2.45, 2.75) is 6.61 Å². The van der Waals surface area contributed by atoms with E-state index in [0.717, 1.165) is 5.56 Å². The summed E-state index contributed by atoms with van der Waals surface area (Å²) in [5, 5.41) is 2.79. The first-order valence-corrected chi connectivity index (χ1v) is 7.99. The molecule has 2 aromatic carbocycles. The second kappa shape index (κ2) is 7.72. The third-order valence-corrected chi connectivity index (χ3v) is 3.81. The van der Waals surface area contributed by atoms with Gasteiger partial charge in [-0.2, -0.15) is 0 Å². The molecule has 25 heavy (non-hydrogen) atoms. The highest BCUT2D eigenvalue weighted by Gasteiger charge is 2.08. The van der Waals surface area contributed by atoms with Crippen molar-refractivity contribution in [3.63, 3.8) is 0 Å². The summed E-state index contributed by atoms with van der Waals surface area (Å²) >= 11 is 5.11. The van der Waals surface area contributed by atoms with Gasteiger partial charge < -0.3 is 15.0 Å². The summed E-state index contributed by atoms with van der Waals surface area (Å²) in [5.74, 6) is 0.0191. The standard InChI is InChI=1S/C19H15FN2O2S/c20-14-8-6-13(7-9-14)12-24-16-4-1-3-15(11-16)22-18(23)17-5-2-10-21-19(17)25/h1-11H,12H2,(H,21,25)(H,22,23). The minimum atomic E-state index is -0.294. The summed E-state index contributed by atoms with van der Waals surface area (Å²) in [6, 6.07) is 16.5. The van der Waals surface area contributed by atoms with Gasteiger partial charge in [-0.15, -0.1) is 0 Å². The Kier molecular flexibility index (Phi) is 5.20. The van der Waals surface area contributed by atoms with Gasteiger partial charge in [0.2, 0.25) is 0 Å². The molecule has 0 aliphatic heterocycles. The molecule has 0 bridgehead atoms. The van der Waals surface area contributed by atoms with Crippen molar-refractivity contribution in [2.24, 2.45) is 0 Å². The molecule has 0 saturated heterocycles. The van der Waals surface area contributed by atoms with Crippen molar-refractivity contribution < 1.29 is 13.9 Å². The van der Waals surface area contributed by atoms with E-state index in [0.29, 0.717) is 28.2 Å². The normalized spacial score (nSPS) is 10.3. The van der Waals surface area contributed by atoms with Crippen LogP contribution in [0.4, 0.5) is 10.1 Å². The summed E-state index contributed by atoms with van der Waals surface area (Å²) in [5.41, 5.74) is 1.85. The number of pyridine rings is 1. The largest absolute Gasteiger partial charge is 0.489 e. The lowest BCUT2D eigenvalue weighted by Gasteiger charge is -2.09. The van der Waals surface area contributed by atoms with Crippen LogP contribution in [-0.4, -0.2) is 10.9 Å². The van der Waals surface area contributed by atoms with Crippen LogP contribution >= 0.6 is 12.2 Å². The van der Waals surface area contributed by atoms with Gasteiger partial charge in [0.25, 0.3) is 5.91 Å². The monoisotopic (exact) mass is 354 g/mol. The Hall–Kier alpha value is -2.99. The Bertz CT molecular complexity index is 938. The topological polar surface area (TPSA) is 54.1 Å². The predicted octanol–water partition coefficient (Wildman–Crippen LogP) is 4.71. The molecular weight excluding hydrogens is 339 g/mol. The molecule has 4 nitrogen and oxygen atoms in total. The molecule has 1 heterocycles. The van der Waals surface area contributed by atoms with Crippen LogP contribution in [0.25, 0.3) is 0 Å². The first kappa shape index (κ1) is 16.9. The molecule has 3 aromatic rings. The van der Waals surface area contributed by atoms with Crippen LogP contribution in [-0.2, 0) is 6.61 Å². The highest BCUT2D eigenvalue weighted by Crippen LogP contribution is 2.19. The van der Waals surface area contributed by atoms with Gasteiger partial charge in [0, 0.05) is 18.0 Å². The molecule has 0 radical (unpaired) electrons. The number of H-pyrrole nitrogens is 1. The van der Waals surface area contributed by atoms with Crippen LogP contribution in [0, 0.1) is 10.5 Å². The molecule has 1 aromatic heterocycles. The highest BCUT2D eigenvalue weighted by atomic mass is 32.1. The molecule has 0 fully saturated rings. The van der Waals surface area contributed by atoms with Gasteiger partial charge >= 0.3 is 0 Å². The molecule has 6 heteroatoms. The Balaban J connectivity index is 1.67. The Morgan fingerprint density at radius 3 is 2.68 bits per heavy atom. The highest BCUT2D eigenvalue weighted by molar-refractivity contribution is 7.71. The number of nitrogens with one attached hydrogen (secondary N) is 2. The van der Waals surface area contributed by atoms with Gasteiger partial charge in [0.1, 0.15) is 22.8 Å². The Labute approximate surface area is 149 Å². The number of amides is 1. The van der Waals surface area contributed by atoms with E-state index in [-0.39, 0.29) is 11.7 Å². The van der Waals surface area contributed by atoms with E-state index >= 15 is 0 Å². The molecule has 0 unspecified atom stereocenters. The van der Waals surface area contributed by atoms with Crippen molar-refractivity contribution >= 4 is 23.8 Å². The van der Waals surface area contributed by atoms with E-state index in [1.807, 2.05) is 0 Å². The predicted molar refractivity (Wildman–Crippen MR) is 96.8 cm³/mol. The van der Waals surface area contributed by atoms with Crippen LogP contribution < -0.4 is 10.1 Å². The quantitative estimate of drug-likeness (QED) is 0.652. The summed E-state index contributed by atoms with van der Waals surface area (Å²) in [6.07, 6.45) is 1.67. The van der Waals surface area contributed by atoms with Crippen molar-refractivity contribution in [1.82, 2.24) is 4.98 Å². The summed E-state index contributed by atoms with van der Waals surface area (Å²) in [7, 11) is 0. The van der Waals surface area contributed by atoms with E-state index < -0.39 is 0 Å². The molecule has 1 amide bonds. The van der Waals surface area contributed by atoms with Crippen LogP contribution in [0.3, 0.4) is 0 Å². The first-order valence-electron chi connectivity index (χ1n) is 7.58. The third kappa shape index (κ3) is 4.51. The van der Waals surface area contributed by atoms with E-state index in [2.05, 4.69) is 10.3 Å². The molecule has 0 spiro atoms. The maximum atomic E-state index is 12.9. The fraction of sp³-hybridized carbons (Fsp3) is 0.0526. The minimum absolute atomic E-state index is 0.285. The Morgan fingerprint density at radius 1 is 1.12 bits per heavy atom. The fourth-order valence-electron chi connectivity index (χ4n) is 2.21. The van der Waals surface area contributed by atoms with Gasteiger partial charge in [-0.05, 0) is 42.0 Å². The lowest BCUT2D eigenvalue weighted by Crippen LogP contribution is -2.12. The van der Waals surface area contributed by atoms with Gasteiger partial charge in [-0.25, -0.2) is 4.39 Å². The number of hydrogen-bond acceptors (Lipinski definition) is 3. The maximum absolute atomic E-state index is 12.9. The number of aromatic amines is 1. The van der Waals surface area contributed by atoms with Crippen molar-refractivity contribution in [2.75, 3.05) is 5.32 Å². The van der Waals surface area contributed by atoms with E-state index in [4.69, 9.17) is 17.0 Å². The summed E-state index contributed by atoms with van der Waals surface area (Å²) in [4.78, 5) is 15.1. The molecule has 2 N–H and O–H groups in total. The summed E-state index contributed by atoms with van der Waals surface area (Å²) < 4.78 is 19.0. The van der Waals surface area contributed by atoms with Gasteiger partial charge in [0.15, 0.2) is 0 Å². The molecule has 3 rings (SSSR count). The van der Waals surface area contributed by atoms with E-state index in [1.54, 1.807) is 54.7 Å². The Morgan fingerprint density at radius 2 is 1.92 bits per heavy atom. The van der Waals surface area contributed by atoms with Crippen molar-refractivity contribution in [3.05, 3.63) is 88.4 Å². The zero-order valence-corrected chi connectivity index (χ0v) is 14.0.